The zero-order valence-corrected chi connectivity index (χ0v) is 17.7. The second kappa shape index (κ2) is 12.9. The molecule has 0 saturated heterocycles. The van der Waals surface area contributed by atoms with E-state index in [1.165, 1.54) is 23.1 Å². The quantitative estimate of drug-likeness (QED) is 0.403. The Hall–Kier alpha value is -1.35. The number of amides is 1. The van der Waals surface area contributed by atoms with Crippen molar-refractivity contribution < 1.29 is 4.79 Å². The van der Waals surface area contributed by atoms with Crippen molar-refractivity contribution >= 4 is 5.91 Å². The standard InChI is InChI=1S/C23H40N2O/c1-19(2)9-6-10-20(3)11-7-12-21-13-15-22(16-14-21)23(26)24-17-8-18-25(4)5/h9,11,13,22H,6-8,10,12,14-18H2,1-5H3,(H,24,26). The lowest BCUT2D eigenvalue weighted by atomic mass is 9.87. The van der Waals surface area contributed by atoms with Crippen LogP contribution in [-0.4, -0.2) is 38.0 Å². The van der Waals surface area contributed by atoms with Crippen molar-refractivity contribution in [2.45, 2.75) is 72.1 Å². The molecule has 1 amide bonds. The molecule has 0 aromatic heterocycles. The Balaban J connectivity index is 2.23. The van der Waals surface area contributed by atoms with Gasteiger partial charge in [0.15, 0.2) is 0 Å². The summed E-state index contributed by atoms with van der Waals surface area (Å²) < 4.78 is 0. The Morgan fingerprint density at radius 3 is 2.62 bits per heavy atom. The highest BCUT2D eigenvalue weighted by Crippen LogP contribution is 2.26. The summed E-state index contributed by atoms with van der Waals surface area (Å²) >= 11 is 0. The summed E-state index contributed by atoms with van der Waals surface area (Å²) in [6.07, 6.45) is 15.7. The first-order valence-corrected chi connectivity index (χ1v) is 10.3. The molecule has 1 aliphatic rings. The summed E-state index contributed by atoms with van der Waals surface area (Å²) in [6, 6.07) is 0. The number of nitrogens with one attached hydrogen (secondary N) is 1. The number of nitrogens with zero attached hydrogens (tertiary/aromatic N) is 1. The molecule has 26 heavy (non-hydrogen) atoms. The maximum Gasteiger partial charge on any atom is 0.223 e. The van der Waals surface area contributed by atoms with Crippen LogP contribution in [0.2, 0.25) is 0 Å². The topological polar surface area (TPSA) is 32.3 Å². The van der Waals surface area contributed by atoms with E-state index in [0.717, 1.165) is 58.0 Å². The predicted molar refractivity (Wildman–Crippen MR) is 113 cm³/mol. The van der Waals surface area contributed by atoms with Gasteiger partial charge in [-0.3, -0.25) is 4.79 Å². The van der Waals surface area contributed by atoms with Crippen LogP contribution in [0.1, 0.15) is 72.1 Å². The van der Waals surface area contributed by atoms with E-state index in [2.05, 4.69) is 63.3 Å². The third-order valence-electron chi connectivity index (χ3n) is 5.01. The highest BCUT2D eigenvalue weighted by molar-refractivity contribution is 5.79. The molecule has 0 spiro atoms. The minimum Gasteiger partial charge on any atom is -0.356 e. The van der Waals surface area contributed by atoms with Crippen LogP contribution in [0.3, 0.4) is 0 Å². The zero-order valence-electron chi connectivity index (χ0n) is 17.7. The Kier molecular flexibility index (Phi) is 11.3. The first-order chi connectivity index (χ1) is 12.4. The summed E-state index contributed by atoms with van der Waals surface area (Å²) in [7, 11) is 4.13. The van der Waals surface area contributed by atoms with E-state index in [0.29, 0.717) is 0 Å². The molecule has 0 aromatic rings. The van der Waals surface area contributed by atoms with Crippen molar-refractivity contribution in [3.05, 3.63) is 34.9 Å². The molecule has 0 bridgehead atoms. The van der Waals surface area contributed by atoms with Crippen LogP contribution in [0.15, 0.2) is 34.9 Å². The molecule has 1 N–H and O–H groups in total. The number of carbonyl (C=O) groups excluding carboxylic acids is 1. The summed E-state index contributed by atoms with van der Waals surface area (Å²) in [5.74, 6) is 0.425. The molecule has 0 heterocycles. The van der Waals surface area contributed by atoms with Gasteiger partial charge in [0.25, 0.3) is 0 Å². The van der Waals surface area contributed by atoms with Crippen molar-refractivity contribution in [1.29, 1.82) is 0 Å². The van der Waals surface area contributed by atoms with Gasteiger partial charge in [0.05, 0.1) is 0 Å². The molecule has 0 aliphatic heterocycles. The van der Waals surface area contributed by atoms with Gasteiger partial charge in [0.2, 0.25) is 5.91 Å². The highest BCUT2D eigenvalue weighted by Gasteiger charge is 2.20. The number of hydrogen-bond acceptors (Lipinski definition) is 2. The first kappa shape index (κ1) is 22.7. The van der Waals surface area contributed by atoms with Crippen LogP contribution in [0, 0.1) is 5.92 Å². The van der Waals surface area contributed by atoms with Crippen molar-refractivity contribution in [3.63, 3.8) is 0 Å². The molecule has 1 unspecified atom stereocenters. The Morgan fingerprint density at radius 1 is 1.23 bits per heavy atom. The van der Waals surface area contributed by atoms with Gasteiger partial charge in [-0.05, 0) is 92.8 Å². The molecular weight excluding hydrogens is 320 g/mol. The van der Waals surface area contributed by atoms with Crippen LogP contribution in [0.4, 0.5) is 0 Å². The number of carbonyl (C=O) groups is 1. The van der Waals surface area contributed by atoms with Gasteiger partial charge in [0, 0.05) is 12.5 Å². The lowest BCUT2D eigenvalue weighted by Crippen LogP contribution is -2.33. The van der Waals surface area contributed by atoms with Gasteiger partial charge in [-0.25, -0.2) is 0 Å². The van der Waals surface area contributed by atoms with E-state index < -0.39 is 0 Å². The fourth-order valence-corrected chi connectivity index (χ4v) is 3.30. The minimum atomic E-state index is 0.180. The molecule has 3 nitrogen and oxygen atoms in total. The molecule has 0 saturated carbocycles. The van der Waals surface area contributed by atoms with Gasteiger partial charge in [0.1, 0.15) is 0 Å². The van der Waals surface area contributed by atoms with Gasteiger partial charge in [-0.2, -0.15) is 0 Å². The van der Waals surface area contributed by atoms with Crippen molar-refractivity contribution in [2.24, 2.45) is 5.92 Å². The molecule has 3 heteroatoms. The summed E-state index contributed by atoms with van der Waals surface area (Å²) in [5.41, 5.74) is 4.44. The molecule has 1 atom stereocenters. The average molecular weight is 361 g/mol. The maximum atomic E-state index is 12.2. The van der Waals surface area contributed by atoms with Crippen LogP contribution in [-0.2, 0) is 4.79 Å². The van der Waals surface area contributed by atoms with Crippen LogP contribution >= 0.6 is 0 Å². The molecule has 1 aliphatic carbocycles. The Labute approximate surface area is 161 Å². The monoisotopic (exact) mass is 360 g/mol. The second-order valence-electron chi connectivity index (χ2n) is 8.19. The van der Waals surface area contributed by atoms with E-state index >= 15 is 0 Å². The maximum absolute atomic E-state index is 12.2. The van der Waals surface area contributed by atoms with E-state index in [4.69, 9.17) is 0 Å². The van der Waals surface area contributed by atoms with Gasteiger partial charge < -0.3 is 10.2 Å². The van der Waals surface area contributed by atoms with Crippen molar-refractivity contribution in [1.82, 2.24) is 10.2 Å². The predicted octanol–water partition coefficient (Wildman–Crippen LogP) is 5.25. The van der Waals surface area contributed by atoms with Crippen molar-refractivity contribution in [3.8, 4) is 0 Å². The first-order valence-electron chi connectivity index (χ1n) is 10.3. The SMILES string of the molecule is CC(C)=CCCC(C)=CCCC1=CCC(C(=O)NCCCN(C)C)CC1. The lowest BCUT2D eigenvalue weighted by molar-refractivity contribution is -0.125. The zero-order chi connectivity index (χ0) is 19.4. The summed E-state index contributed by atoms with van der Waals surface area (Å²) in [5, 5.41) is 3.10. The second-order valence-corrected chi connectivity index (χ2v) is 8.19. The fraction of sp³-hybridized carbons (Fsp3) is 0.696. The number of hydrogen-bond donors (Lipinski definition) is 1. The Bertz CT molecular complexity index is 510. The molecule has 1 rings (SSSR count). The van der Waals surface area contributed by atoms with E-state index in [1.807, 2.05) is 0 Å². The molecule has 148 valence electrons. The van der Waals surface area contributed by atoms with Crippen LogP contribution < -0.4 is 5.32 Å². The van der Waals surface area contributed by atoms with Gasteiger partial charge in [-0.15, -0.1) is 0 Å². The molecule has 0 fully saturated rings. The van der Waals surface area contributed by atoms with E-state index in [1.54, 1.807) is 0 Å². The van der Waals surface area contributed by atoms with Crippen LogP contribution in [0.5, 0.6) is 0 Å². The molecule has 0 radical (unpaired) electrons. The highest BCUT2D eigenvalue weighted by atomic mass is 16.1. The average Bonchev–Trinajstić information content (AvgIpc) is 2.58. The minimum absolute atomic E-state index is 0.180. The third-order valence-corrected chi connectivity index (χ3v) is 5.01. The molecule has 0 aromatic carbocycles. The number of rotatable bonds is 11. The van der Waals surface area contributed by atoms with Crippen LogP contribution in [0.25, 0.3) is 0 Å². The lowest BCUT2D eigenvalue weighted by Gasteiger charge is -2.21. The van der Waals surface area contributed by atoms with Gasteiger partial charge >= 0.3 is 0 Å². The summed E-state index contributed by atoms with van der Waals surface area (Å²) in [6.45, 7) is 8.37. The van der Waals surface area contributed by atoms with E-state index in [-0.39, 0.29) is 11.8 Å². The largest absolute Gasteiger partial charge is 0.356 e. The number of allylic oxidation sites excluding steroid dienone is 6. The van der Waals surface area contributed by atoms with Crippen molar-refractivity contribution in [2.75, 3.05) is 27.2 Å². The van der Waals surface area contributed by atoms with Gasteiger partial charge in [-0.1, -0.05) is 34.9 Å². The Morgan fingerprint density at radius 2 is 2.00 bits per heavy atom. The summed E-state index contributed by atoms with van der Waals surface area (Å²) in [4.78, 5) is 14.4. The van der Waals surface area contributed by atoms with E-state index in [9.17, 15) is 4.79 Å². The molecular formula is C23H40N2O. The fourth-order valence-electron chi connectivity index (χ4n) is 3.30. The normalized spacial score (nSPS) is 17.8. The third kappa shape index (κ3) is 10.6. The smallest absolute Gasteiger partial charge is 0.223 e.